The van der Waals surface area contributed by atoms with E-state index in [1.807, 2.05) is 0 Å². The maximum Gasteiger partial charge on any atom is 0.339 e. The van der Waals surface area contributed by atoms with Crippen molar-refractivity contribution in [2.45, 2.75) is 0 Å². The lowest BCUT2D eigenvalue weighted by atomic mass is 10.6. The van der Waals surface area contributed by atoms with Crippen molar-refractivity contribution in [3.63, 3.8) is 0 Å². The summed E-state index contributed by atoms with van der Waals surface area (Å²) in [6.07, 6.45) is 0. The summed E-state index contributed by atoms with van der Waals surface area (Å²) in [7, 11) is 3.55. The van der Waals surface area contributed by atoms with E-state index in [0.29, 0.717) is 9.10 Å². The van der Waals surface area contributed by atoms with Crippen molar-refractivity contribution in [1.82, 2.24) is 0 Å². The van der Waals surface area contributed by atoms with Gasteiger partial charge in [-0.05, 0) is 0 Å². The lowest BCUT2D eigenvalue weighted by molar-refractivity contribution is 4.53. The third-order valence-corrected chi connectivity index (χ3v) is 7.04. The van der Waals surface area contributed by atoms with E-state index in [0.717, 1.165) is 0 Å². The van der Waals surface area contributed by atoms with Gasteiger partial charge < -0.3 is 0 Å². The molecule has 7 heavy (non-hydrogen) atoms. The second kappa shape index (κ2) is 3.15. The molecule has 0 aliphatic carbocycles. The molecular formula is H2B2S5. The Hall–Kier alpha value is 1.88. The van der Waals surface area contributed by atoms with Gasteiger partial charge in [-0.3, -0.25) is 0 Å². The van der Waals surface area contributed by atoms with E-state index in [9.17, 15) is 0 Å². The molecule has 0 unspecified atom stereocenters. The van der Waals surface area contributed by atoms with Gasteiger partial charge in [0.2, 0.25) is 0 Å². The predicted molar refractivity (Wildman–Crippen MR) is 52.3 cm³/mol. The van der Waals surface area contributed by atoms with E-state index in [1.54, 1.807) is 32.8 Å². The van der Waals surface area contributed by atoms with Crippen LogP contribution in [-0.2, 0) is 0 Å². The van der Waals surface area contributed by atoms with Crippen LogP contribution in [0.25, 0.3) is 0 Å². The van der Waals surface area contributed by atoms with Crippen molar-refractivity contribution in [3.8, 4) is 0 Å². The minimum Gasteiger partial charge on any atom is -0.206 e. The first-order chi connectivity index (χ1) is 3.29. The topological polar surface area (TPSA) is 0 Å². The minimum absolute atomic E-state index is 0.437. The normalized spacial score (nSPS) is 21.4. The molecule has 0 N–H and O–H groups in total. The first-order valence-electron chi connectivity index (χ1n) is 1.63. The average Bonchev–Trinajstić information content (AvgIpc) is 1.87. The van der Waals surface area contributed by atoms with Crippen LogP contribution < -0.4 is 0 Å². The number of rotatable bonds is 0. The van der Waals surface area contributed by atoms with Gasteiger partial charge in [0.25, 0.3) is 0 Å². The molecule has 38 valence electrons. The van der Waals surface area contributed by atoms with Crippen molar-refractivity contribution in [2.24, 2.45) is 0 Å². The van der Waals surface area contributed by atoms with E-state index in [-0.39, 0.29) is 0 Å². The van der Waals surface area contributed by atoms with Crippen LogP contribution in [0, 0.1) is 0 Å². The van der Waals surface area contributed by atoms with E-state index < -0.39 is 0 Å². The number of hydrogen-bond acceptors (Lipinski definition) is 5. The zero-order valence-electron chi connectivity index (χ0n) is 3.27. The summed E-state index contributed by atoms with van der Waals surface area (Å²) in [5.41, 5.74) is 0. The fourth-order valence-electron chi connectivity index (χ4n) is 0.240. The first kappa shape index (κ1) is 6.99. The number of hydrogen-bond donors (Lipinski definition) is 2. The molecule has 1 aliphatic rings. The summed E-state index contributed by atoms with van der Waals surface area (Å²) >= 11 is 10.2. The largest absolute Gasteiger partial charge is 0.339 e. The van der Waals surface area contributed by atoms with E-state index in [1.165, 1.54) is 0 Å². The summed E-state index contributed by atoms with van der Waals surface area (Å²) < 4.78 is 0.875. The van der Waals surface area contributed by atoms with E-state index >= 15 is 0 Å². The maximum atomic E-state index is 4.21. The third kappa shape index (κ3) is 2.30. The van der Waals surface area contributed by atoms with Gasteiger partial charge in [-0.1, -0.05) is 0 Å². The highest BCUT2D eigenvalue weighted by Gasteiger charge is 2.27. The first-order valence-corrected chi connectivity index (χ1v) is 5.88. The van der Waals surface area contributed by atoms with Crippen LogP contribution in [0.5, 0.6) is 0 Å². The van der Waals surface area contributed by atoms with Crippen molar-refractivity contribution < 1.29 is 0 Å². The fraction of sp³-hybridized carbons (Fsp3) is 0. The van der Waals surface area contributed by atoms with Crippen molar-refractivity contribution in [2.75, 3.05) is 0 Å². The van der Waals surface area contributed by atoms with Gasteiger partial charge in [0.05, 0.1) is 0 Å². The Morgan fingerprint density at radius 3 is 1.57 bits per heavy atom. The Balaban J connectivity index is 2.26. The van der Waals surface area contributed by atoms with Gasteiger partial charge in [0.15, 0.2) is 0 Å². The van der Waals surface area contributed by atoms with Crippen LogP contribution in [0.1, 0.15) is 0 Å². The van der Waals surface area contributed by atoms with Gasteiger partial charge >= 0.3 is 9.10 Å². The standard InChI is InChI=1S/B2H2S5/c3-1-5-2(4)7-6-1/h3-4H. The van der Waals surface area contributed by atoms with Gasteiger partial charge in [-0.25, -0.2) is 36.4 Å². The molecule has 0 spiro atoms. The smallest absolute Gasteiger partial charge is 0.206 e. The summed E-state index contributed by atoms with van der Waals surface area (Å²) in [4.78, 5) is 0. The Morgan fingerprint density at radius 1 is 1.00 bits per heavy atom. The highest BCUT2D eigenvalue weighted by Crippen LogP contribution is 2.48. The Bertz CT molecular complexity index is 55.1. The summed E-state index contributed by atoms with van der Waals surface area (Å²) in [6.45, 7) is 0. The zero-order chi connectivity index (χ0) is 5.28. The lowest BCUT2D eigenvalue weighted by Gasteiger charge is -1.85. The van der Waals surface area contributed by atoms with Crippen molar-refractivity contribution >= 4 is 66.8 Å². The van der Waals surface area contributed by atoms with Gasteiger partial charge in [0, 0.05) is 0 Å². The highest BCUT2D eigenvalue weighted by atomic mass is 33.1. The predicted octanol–water partition coefficient (Wildman–Crippen LogP) is 1.94. The highest BCUT2D eigenvalue weighted by molar-refractivity contribution is 9.22. The molecule has 0 atom stereocenters. The second-order valence-corrected chi connectivity index (χ2v) is 7.67. The Labute approximate surface area is 66.5 Å². The molecule has 0 aromatic heterocycles. The van der Waals surface area contributed by atoms with Crippen LogP contribution in [0.3, 0.4) is 0 Å². The quantitative estimate of drug-likeness (QED) is 0.335. The molecular weight excluding hydrogens is 182 g/mol. The Kier molecular flexibility index (Phi) is 3.15. The SMILES string of the molecule is SB1SSB(S)S1. The van der Waals surface area contributed by atoms with E-state index in [4.69, 9.17) is 0 Å². The monoisotopic (exact) mass is 184 g/mol. The van der Waals surface area contributed by atoms with Crippen LogP contribution in [0.4, 0.5) is 0 Å². The molecule has 0 saturated carbocycles. The van der Waals surface area contributed by atoms with Crippen LogP contribution in [-0.4, -0.2) is 9.10 Å². The molecule has 0 radical (unpaired) electrons. The van der Waals surface area contributed by atoms with Crippen molar-refractivity contribution in [1.29, 1.82) is 0 Å². The fourth-order valence-corrected chi connectivity index (χ4v) is 6.48. The molecule has 0 bridgehead atoms. The van der Waals surface area contributed by atoms with E-state index in [2.05, 4.69) is 25.0 Å². The molecule has 1 aliphatic heterocycles. The molecule has 1 rings (SSSR count). The van der Waals surface area contributed by atoms with Gasteiger partial charge in [0.1, 0.15) is 0 Å². The van der Waals surface area contributed by atoms with Crippen LogP contribution >= 0.6 is 57.7 Å². The summed E-state index contributed by atoms with van der Waals surface area (Å²) in [6, 6.07) is 0. The molecule has 7 heteroatoms. The van der Waals surface area contributed by atoms with Gasteiger partial charge in [-0.2, -0.15) is 0 Å². The molecule has 0 aromatic rings. The Morgan fingerprint density at radius 2 is 1.43 bits per heavy atom. The average molecular weight is 184 g/mol. The molecule has 0 nitrogen and oxygen atoms in total. The molecule has 1 fully saturated rings. The molecule has 1 heterocycles. The molecule has 1 saturated heterocycles. The molecule has 0 aromatic carbocycles. The molecule has 0 amide bonds. The number of thiol groups is 2. The summed E-state index contributed by atoms with van der Waals surface area (Å²) in [5, 5.41) is 0. The zero-order valence-corrected chi connectivity index (χ0v) is 7.51. The third-order valence-electron chi connectivity index (χ3n) is 0.453. The maximum absolute atomic E-state index is 4.21. The van der Waals surface area contributed by atoms with Crippen molar-refractivity contribution in [3.05, 3.63) is 0 Å². The van der Waals surface area contributed by atoms with Crippen LogP contribution in [0.2, 0.25) is 0 Å². The summed E-state index contributed by atoms with van der Waals surface area (Å²) in [5.74, 6) is 0. The minimum atomic E-state index is 0.437. The second-order valence-electron chi connectivity index (χ2n) is 0.943. The van der Waals surface area contributed by atoms with Gasteiger partial charge in [-0.15, -0.1) is 21.3 Å². The lowest BCUT2D eigenvalue weighted by Crippen LogP contribution is -1.86. The van der Waals surface area contributed by atoms with Crippen LogP contribution in [0.15, 0.2) is 0 Å².